The van der Waals surface area contributed by atoms with Crippen molar-refractivity contribution >= 4 is 5.91 Å². The number of carbonyl (C=O) groups is 1. The number of piperidine rings is 1. The molecule has 1 amide bonds. The van der Waals surface area contributed by atoms with Crippen LogP contribution in [0.15, 0.2) is 0 Å². The van der Waals surface area contributed by atoms with Crippen LogP contribution in [-0.2, 0) is 4.79 Å². The topological polar surface area (TPSA) is 66.6 Å². The Bertz CT molecular complexity index is 208. The van der Waals surface area contributed by atoms with Gasteiger partial charge in [-0.15, -0.1) is 0 Å². The molecule has 0 bridgehead atoms. The van der Waals surface area contributed by atoms with Crippen molar-refractivity contribution in [3.8, 4) is 0 Å². The van der Waals surface area contributed by atoms with Crippen LogP contribution < -0.4 is 5.73 Å². The monoisotopic (exact) mass is 200 g/mol. The van der Waals surface area contributed by atoms with Gasteiger partial charge in [0.1, 0.15) is 0 Å². The smallest absolute Gasteiger partial charge is 0.222 e. The molecule has 1 unspecified atom stereocenters. The normalized spacial score (nSPS) is 27.8. The lowest BCUT2D eigenvalue weighted by Gasteiger charge is -2.39. The average molecular weight is 200 g/mol. The van der Waals surface area contributed by atoms with Crippen molar-refractivity contribution in [2.24, 2.45) is 5.73 Å². The fourth-order valence-corrected chi connectivity index (χ4v) is 1.87. The number of hydrogen-bond acceptors (Lipinski definition) is 3. The van der Waals surface area contributed by atoms with Crippen molar-refractivity contribution < 1.29 is 9.90 Å². The number of hydrogen-bond donors (Lipinski definition) is 2. The molecule has 0 aliphatic carbocycles. The molecule has 1 atom stereocenters. The Hall–Kier alpha value is -0.610. The molecule has 1 rings (SSSR count). The van der Waals surface area contributed by atoms with Crippen molar-refractivity contribution in [2.45, 2.75) is 38.1 Å². The fourth-order valence-electron chi connectivity index (χ4n) is 1.87. The van der Waals surface area contributed by atoms with Crippen molar-refractivity contribution in [2.75, 3.05) is 19.7 Å². The summed E-state index contributed by atoms with van der Waals surface area (Å²) in [5.74, 6) is 0.162. The summed E-state index contributed by atoms with van der Waals surface area (Å²) >= 11 is 0. The first-order valence-electron chi connectivity index (χ1n) is 5.29. The summed E-state index contributed by atoms with van der Waals surface area (Å²) in [7, 11) is 0. The number of aliphatic hydroxyl groups excluding tert-OH is 1. The number of aliphatic hydroxyl groups is 1. The summed E-state index contributed by atoms with van der Waals surface area (Å²) in [6.45, 7) is 3.24. The van der Waals surface area contributed by atoms with Gasteiger partial charge in [0, 0.05) is 19.5 Å². The van der Waals surface area contributed by atoms with Crippen LogP contribution in [0.2, 0.25) is 0 Å². The van der Waals surface area contributed by atoms with E-state index in [1.807, 2.05) is 6.92 Å². The summed E-state index contributed by atoms with van der Waals surface area (Å²) in [5.41, 5.74) is 5.37. The van der Waals surface area contributed by atoms with Crippen molar-refractivity contribution in [1.29, 1.82) is 0 Å². The molecule has 1 saturated heterocycles. The number of likely N-dealkylation sites (tertiary alicyclic amines) is 1. The number of nitrogens with two attached hydrogens (primary N) is 1. The first-order chi connectivity index (χ1) is 6.61. The van der Waals surface area contributed by atoms with Gasteiger partial charge in [-0.1, -0.05) is 6.92 Å². The zero-order chi connectivity index (χ0) is 10.6. The summed E-state index contributed by atoms with van der Waals surface area (Å²) in [5, 5.41) is 9.12. The van der Waals surface area contributed by atoms with Gasteiger partial charge in [0.25, 0.3) is 0 Å². The minimum atomic E-state index is -0.568. The fraction of sp³-hybridized carbons (Fsp3) is 0.900. The van der Waals surface area contributed by atoms with E-state index in [1.165, 1.54) is 0 Å². The van der Waals surface area contributed by atoms with Gasteiger partial charge in [-0.3, -0.25) is 4.79 Å². The van der Waals surface area contributed by atoms with Gasteiger partial charge in [-0.25, -0.2) is 0 Å². The van der Waals surface area contributed by atoms with Gasteiger partial charge in [-0.2, -0.15) is 0 Å². The van der Waals surface area contributed by atoms with Crippen LogP contribution in [0.5, 0.6) is 0 Å². The van der Waals surface area contributed by atoms with Crippen LogP contribution in [0.4, 0.5) is 0 Å². The van der Waals surface area contributed by atoms with Crippen LogP contribution in [0.25, 0.3) is 0 Å². The molecule has 1 aliphatic rings. The van der Waals surface area contributed by atoms with Crippen molar-refractivity contribution in [1.82, 2.24) is 4.90 Å². The Morgan fingerprint density at radius 1 is 1.64 bits per heavy atom. The van der Waals surface area contributed by atoms with Gasteiger partial charge < -0.3 is 15.7 Å². The highest BCUT2D eigenvalue weighted by atomic mass is 16.3. The van der Waals surface area contributed by atoms with E-state index in [-0.39, 0.29) is 12.5 Å². The van der Waals surface area contributed by atoms with E-state index in [0.717, 1.165) is 25.8 Å². The van der Waals surface area contributed by atoms with E-state index in [9.17, 15) is 4.79 Å². The lowest BCUT2D eigenvalue weighted by Crippen LogP contribution is -2.57. The molecule has 0 aromatic heterocycles. The molecule has 82 valence electrons. The molecule has 1 aliphatic heterocycles. The van der Waals surface area contributed by atoms with Crippen LogP contribution in [0, 0.1) is 0 Å². The zero-order valence-corrected chi connectivity index (χ0v) is 8.83. The van der Waals surface area contributed by atoms with Crippen LogP contribution in [-0.4, -0.2) is 41.1 Å². The van der Waals surface area contributed by atoms with Gasteiger partial charge >= 0.3 is 0 Å². The highest BCUT2D eigenvalue weighted by Crippen LogP contribution is 2.18. The number of rotatable bonds is 3. The Morgan fingerprint density at radius 2 is 2.36 bits per heavy atom. The van der Waals surface area contributed by atoms with E-state index in [2.05, 4.69) is 0 Å². The molecule has 0 saturated carbocycles. The molecule has 4 nitrogen and oxygen atoms in total. The van der Waals surface area contributed by atoms with E-state index < -0.39 is 5.54 Å². The second-order valence-corrected chi connectivity index (χ2v) is 4.19. The first-order valence-corrected chi connectivity index (χ1v) is 5.29. The predicted octanol–water partition coefficient (Wildman–Crippen LogP) is 0.0987. The third kappa shape index (κ3) is 2.69. The Labute approximate surface area is 85.1 Å². The molecule has 0 radical (unpaired) electrons. The van der Waals surface area contributed by atoms with Gasteiger partial charge in [0.15, 0.2) is 0 Å². The van der Waals surface area contributed by atoms with E-state index in [0.29, 0.717) is 13.0 Å². The first kappa shape index (κ1) is 11.5. The largest absolute Gasteiger partial charge is 0.394 e. The Morgan fingerprint density at radius 3 is 2.93 bits per heavy atom. The summed E-state index contributed by atoms with van der Waals surface area (Å²) in [4.78, 5) is 13.4. The quantitative estimate of drug-likeness (QED) is 0.679. The standard InChI is InChI=1S/C10H20N2O2/c1-2-4-9(14)12-6-3-5-10(11,7-12)8-13/h13H,2-8,11H2,1H3. The summed E-state index contributed by atoms with van der Waals surface area (Å²) in [6.07, 6.45) is 3.15. The SMILES string of the molecule is CCCC(=O)N1CCCC(N)(CO)C1. The van der Waals surface area contributed by atoms with Crippen molar-refractivity contribution in [3.63, 3.8) is 0 Å². The van der Waals surface area contributed by atoms with E-state index in [4.69, 9.17) is 10.8 Å². The highest BCUT2D eigenvalue weighted by molar-refractivity contribution is 5.76. The number of carbonyl (C=O) groups excluding carboxylic acids is 1. The number of nitrogens with zero attached hydrogens (tertiary/aromatic N) is 1. The lowest BCUT2D eigenvalue weighted by molar-refractivity contribution is -0.133. The molecule has 4 heteroatoms. The summed E-state index contributed by atoms with van der Waals surface area (Å²) in [6, 6.07) is 0. The minimum Gasteiger partial charge on any atom is -0.394 e. The molecule has 14 heavy (non-hydrogen) atoms. The third-order valence-corrected chi connectivity index (χ3v) is 2.74. The lowest BCUT2D eigenvalue weighted by atomic mass is 9.91. The highest BCUT2D eigenvalue weighted by Gasteiger charge is 2.32. The molecule has 1 heterocycles. The minimum absolute atomic E-state index is 0.0388. The molecular formula is C10H20N2O2. The molecule has 0 aromatic carbocycles. The molecule has 0 spiro atoms. The second kappa shape index (κ2) is 4.75. The van der Waals surface area contributed by atoms with E-state index in [1.54, 1.807) is 4.90 Å². The maximum atomic E-state index is 11.6. The maximum absolute atomic E-state index is 11.6. The number of amides is 1. The van der Waals surface area contributed by atoms with Crippen LogP contribution in [0.1, 0.15) is 32.6 Å². The zero-order valence-electron chi connectivity index (χ0n) is 8.83. The van der Waals surface area contributed by atoms with Crippen molar-refractivity contribution in [3.05, 3.63) is 0 Å². The van der Waals surface area contributed by atoms with E-state index >= 15 is 0 Å². The van der Waals surface area contributed by atoms with Crippen LogP contribution in [0.3, 0.4) is 0 Å². The van der Waals surface area contributed by atoms with Gasteiger partial charge in [-0.05, 0) is 19.3 Å². The van der Waals surface area contributed by atoms with Crippen LogP contribution >= 0.6 is 0 Å². The molecule has 3 N–H and O–H groups in total. The molecule has 1 fully saturated rings. The summed E-state index contributed by atoms with van der Waals surface area (Å²) < 4.78 is 0. The second-order valence-electron chi connectivity index (χ2n) is 4.19. The molecule has 0 aromatic rings. The Balaban J connectivity index is 2.51. The maximum Gasteiger partial charge on any atom is 0.222 e. The van der Waals surface area contributed by atoms with Gasteiger partial charge in [0.2, 0.25) is 5.91 Å². The predicted molar refractivity (Wildman–Crippen MR) is 54.7 cm³/mol. The third-order valence-electron chi connectivity index (χ3n) is 2.74. The Kier molecular flexibility index (Phi) is 3.89. The average Bonchev–Trinajstić information content (AvgIpc) is 2.18. The van der Waals surface area contributed by atoms with Gasteiger partial charge in [0.05, 0.1) is 12.1 Å². The molecular weight excluding hydrogens is 180 g/mol.